The van der Waals surface area contributed by atoms with Crippen molar-refractivity contribution < 1.29 is 0 Å². The van der Waals surface area contributed by atoms with Crippen molar-refractivity contribution in [3.05, 3.63) is 82.6 Å². The van der Waals surface area contributed by atoms with E-state index >= 15 is 0 Å². The second-order valence-electron chi connectivity index (χ2n) is 6.42. The minimum Gasteiger partial charge on any atom is -0.273 e. The highest BCUT2D eigenvalue weighted by atomic mass is 32.1. The van der Waals surface area contributed by atoms with Crippen molar-refractivity contribution in [1.29, 1.82) is 0 Å². The predicted octanol–water partition coefficient (Wildman–Crippen LogP) is 5.32. The molecule has 6 rings (SSSR count). The van der Waals surface area contributed by atoms with E-state index in [1.807, 2.05) is 59.1 Å². The van der Waals surface area contributed by atoms with Gasteiger partial charge in [-0.2, -0.15) is 0 Å². The highest BCUT2D eigenvalue weighted by molar-refractivity contribution is 7.13. The molecule has 4 heterocycles. The van der Waals surface area contributed by atoms with Crippen LogP contribution in [0.25, 0.3) is 48.5 Å². The SMILES string of the molecule is O=c1c2ccccc2c2ncc(-c3cccs3)c3c4ccccc4n1c23. The van der Waals surface area contributed by atoms with E-state index in [0.29, 0.717) is 5.39 Å². The first-order valence-corrected chi connectivity index (χ1v) is 9.32. The zero-order valence-corrected chi connectivity index (χ0v) is 14.5. The van der Waals surface area contributed by atoms with Gasteiger partial charge in [0, 0.05) is 38.2 Å². The van der Waals surface area contributed by atoms with Gasteiger partial charge in [-0.1, -0.05) is 42.5 Å². The summed E-state index contributed by atoms with van der Waals surface area (Å²) in [7, 11) is 0. The van der Waals surface area contributed by atoms with Crippen molar-refractivity contribution in [2.24, 2.45) is 0 Å². The van der Waals surface area contributed by atoms with Gasteiger partial charge in [-0.15, -0.1) is 11.3 Å². The number of para-hydroxylation sites is 1. The number of aromatic nitrogens is 2. The van der Waals surface area contributed by atoms with Crippen LogP contribution in [0.15, 0.2) is 77.0 Å². The van der Waals surface area contributed by atoms with E-state index in [-0.39, 0.29) is 5.56 Å². The van der Waals surface area contributed by atoms with Gasteiger partial charge in [0.25, 0.3) is 5.56 Å². The molecule has 6 aromatic rings. The number of pyridine rings is 2. The van der Waals surface area contributed by atoms with Crippen LogP contribution >= 0.6 is 11.3 Å². The summed E-state index contributed by atoms with van der Waals surface area (Å²) in [6.45, 7) is 0. The molecular formula is C22H12N2OS. The molecule has 0 radical (unpaired) electrons. The van der Waals surface area contributed by atoms with Crippen molar-refractivity contribution in [2.75, 3.05) is 0 Å². The molecule has 3 nitrogen and oxygen atoms in total. The number of fused-ring (bicyclic) bond motifs is 5. The summed E-state index contributed by atoms with van der Waals surface area (Å²) < 4.78 is 1.84. The third-order valence-corrected chi connectivity index (χ3v) is 6.00. The van der Waals surface area contributed by atoms with Gasteiger partial charge in [-0.05, 0) is 23.6 Å². The van der Waals surface area contributed by atoms with Crippen molar-refractivity contribution in [3.63, 3.8) is 0 Å². The second kappa shape index (κ2) is 4.90. The first-order chi connectivity index (χ1) is 12.8. The molecule has 0 spiro atoms. The molecule has 0 aliphatic carbocycles. The van der Waals surface area contributed by atoms with Crippen molar-refractivity contribution in [3.8, 4) is 10.4 Å². The van der Waals surface area contributed by atoms with Crippen LogP contribution in [0.4, 0.5) is 0 Å². The van der Waals surface area contributed by atoms with E-state index in [1.165, 1.54) is 4.88 Å². The van der Waals surface area contributed by atoms with Crippen LogP contribution in [0.1, 0.15) is 0 Å². The van der Waals surface area contributed by atoms with Gasteiger partial charge in [0.05, 0.1) is 16.6 Å². The normalized spacial score (nSPS) is 12.0. The first-order valence-electron chi connectivity index (χ1n) is 8.45. The van der Waals surface area contributed by atoms with Crippen LogP contribution < -0.4 is 5.56 Å². The summed E-state index contributed by atoms with van der Waals surface area (Å²) >= 11 is 1.69. The Balaban J connectivity index is 2.02. The third-order valence-electron chi connectivity index (χ3n) is 5.09. The Morgan fingerprint density at radius 3 is 2.42 bits per heavy atom. The van der Waals surface area contributed by atoms with Crippen molar-refractivity contribution in [1.82, 2.24) is 9.38 Å². The lowest BCUT2D eigenvalue weighted by atomic mass is 10.0. The fourth-order valence-electron chi connectivity index (χ4n) is 4.01. The average molecular weight is 352 g/mol. The lowest BCUT2D eigenvalue weighted by molar-refractivity contribution is 1.20. The fourth-order valence-corrected chi connectivity index (χ4v) is 4.76. The molecule has 0 aliphatic rings. The molecule has 26 heavy (non-hydrogen) atoms. The van der Waals surface area contributed by atoms with E-state index in [9.17, 15) is 4.79 Å². The van der Waals surface area contributed by atoms with Gasteiger partial charge < -0.3 is 0 Å². The monoisotopic (exact) mass is 352 g/mol. The predicted molar refractivity (Wildman–Crippen MR) is 108 cm³/mol. The highest BCUT2D eigenvalue weighted by Crippen LogP contribution is 2.40. The zero-order chi connectivity index (χ0) is 17.3. The van der Waals surface area contributed by atoms with Crippen LogP contribution in [-0.2, 0) is 0 Å². The van der Waals surface area contributed by atoms with E-state index in [1.54, 1.807) is 11.3 Å². The minimum absolute atomic E-state index is 0.0180. The van der Waals surface area contributed by atoms with Gasteiger partial charge in [0.15, 0.2) is 0 Å². The molecule has 0 amide bonds. The lowest BCUT2D eigenvalue weighted by Gasteiger charge is -2.07. The quantitative estimate of drug-likeness (QED) is 0.375. The largest absolute Gasteiger partial charge is 0.273 e. The molecule has 122 valence electrons. The van der Waals surface area contributed by atoms with Crippen LogP contribution in [0, 0.1) is 0 Å². The van der Waals surface area contributed by atoms with E-state index < -0.39 is 0 Å². The van der Waals surface area contributed by atoms with Gasteiger partial charge in [-0.25, -0.2) is 0 Å². The number of benzene rings is 2. The summed E-state index contributed by atoms with van der Waals surface area (Å²) in [5, 5.41) is 5.89. The minimum atomic E-state index is 0.0180. The summed E-state index contributed by atoms with van der Waals surface area (Å²) in [6.07, 6.45) is 1.95. The molecule has 0 N–H and O–H groups in total. The molecule has 0 atom stereocenters. The summed E-state index contributed by atoms with van der Waals surface area (Å²) in [4.78, 5) is 19.3. The molecule has 2 aromatic carbocycles. The smallest absolute Gasteiger partial charge is 0.263 e. The maximum atomic E-state index is 13.3. The Hall–Kier alpha value is -3.24. The Kier molecular flexibility index (Phi) is 2.63. The topological polar surface area (TPSA) is 34.4 Å². The number of rotatable bonds is 1. The zero-order valence-electron chi connectivity index (χ0n) is 13.6. The Bertz CT molecular complexity index is 1500. The van der Waals surface area contributed by atoms with E-state index in [0.717, 1.165) is 38.3 Å². The van der Waals surface area contributed by atoms with Gasteiger partial charge in [0.2, 0.25) is 0 Å². The summed E-state index contributed by atoms with van der Waals surface area (Å²) in [5.74, 6) is 0. The molecular weight excluding hydrogens is 340 g/mol. The summed E-state index contributed by atoms with van der Waals surface area (Å²) in [5.41, 5.74) is 3.84. The Morgan fingerprint density at radius 2 is 1.62 bits per heavy atom. The fraction of sp³-hybridized carbons (Fsp3) is 0. The lowest BCUT2D eigenvalue weighted by Crippen LogP contribution is -2.13. The second-order valence-corrected chi connectivity index (χ2v) is 7.37. The Morgan fingerprint density at radius 1 is 0.846 bits per heavy atom. The van der Waals surface area contributed by atoms with Crippen LogP contribution in [-0.4, -0.2) is 9.38 Å². The maximum Gasteiger partial charge on any atom is 0.263 e. The van der Waals surface area contributed by atoms with Crippen LogP contribution in [0.3, 0.4) is 0 Å². The molecule has 0 saturated carbocycles. The van der Waals surface area contributed by atoms with Gasteiger partial charge >= 0.3 is 0 Å². The molecule has 0 unspecified atom stereocenters. The molecule has 4 aromatic heterocycles. The number of hydrogen-bond acceptors (Lipinski definition) is 3. The molecule has 0 bridgehead atoms. The van der Waals surface area contributed by atoms with Gasteiger partial charge in [0.1, 0.15) is 0 Å². The number of hydrogen-bond donors (Lipinski definition) is 0. The molecule has 0 aliphatic heterocycles. The molecule has 0 saturated heterocycles. The highest BCUT2D eigenvalue weighted by Gasteiger charge is 2.20. The third kappa shape index (κ3) is 1.62. The van der Waals surface area contributed by atoms with Crippen molar-refractivity contribution in [2.45, 2.75) is 0 Å². The average Bonchev–Trinajstić information content (AvgIpc) is 3.33. The van der Waals surface area contributed by atoms with E-state index in [4.69, 9.17) is 4.98 Å². The standard InChI is InChI=1S/C22H12N2OS/c25-22-14-7-2-1-6-13(14)20-21-19(15-8-3-4-9-17(15)24(21)22)16(12-23-20)18-10-5-11-26-18/h1-12H. The van der Waals surface area contributed by atoms with Crippen molar-refractivity contribution >= 4 is 49.4 Å². The van der Waals surface area contributed by atoms with E-state index in [2.05, 4.69) is 17.5 Å². The van der Waals surface area contributed by atoms with Crippen LogP contribution in [0.2, 0.25) is 0 Å². The Labute approximate surface area is 152 Å². The number of nitrogens with zero attached hydrogens (tertiary/aromatic N) is 2. The molecule has 0 fully saturated rings. The molecule has 4 heteroatoms. The van der Waals surface area contributed by atoms with Crippen LogP contribution in [0.5, 0.6) is 0 Å². The first kappa shape index (κ1) is 14.0. The number of thiophene rings is 1. The summed E-state index contributed by atoms with van der Waals surface area (Å²) in [6, 6.07) is 20.0. The van der Waals surface area contributed by atoms with Gasteiger partial charge in [-0.3, -0.25) is 14.2 Å². The maximum absolute atomic E-state index is 13.3.